The Labute approximate surface area is 149 Å². The summed E-state index contributed by atoms with van der Waals surface area (Å²) in [5.74, 6) is 1.25. The first-order valence-electron chi connectivity index (χ1n) is 8.76. The van der Waals surface area contributed by atoms with Gasteiger partial charge in [-0.15, -0.1) is 0 Å². The Morgan fingerprint density at radius 2 is 1.88 bits per heavy atom. The summed E-state index contributed by atoms with van der Waals surface area (Å²) in [6, 6.07) is 7.77. The maximum Gasteiger partial charge on any atom is 0.318 e. The molecule has 1 unspecified atom stereocenters. The van der Waals surface area contributed by atoms with Crippen LogP contribution in [0.2, 0.25) is 0 Å². The van der Waals surface area contributed by atoms with Gasteiger partial charge in [0.1, 0.15) is 15.6 Å². The molecule has 138 valence electrons. The maximum absolute atomic E-state index is 12.8. The molecule has 7 heteroatoms. The number of urea groups is 1. The summed E-state index contributed by atoms with van der Waals surface area (Å²) in [5.41, 5.74) is 1.07. The van der Waals surface area contributed by atoms with Crippen molar-refractivity contribution >= 4 is 15.9 Å². The quantitative estimate of drug-likeness (QED) is 0.766. The molecule has 2 amide bonds. The zero-order chi connectivity index (χ0) is 18.0. The van der Waals surface area contributed by atoms with Crippen LogP contribution in [-0.2, 0) is 9.84 Å². The molecule has 25 heavy (non-hydrogen) atoms. The fourth-order valence-corrected chi connectivity index (χ4v) is 3.56. The normalized spacial score (nSPS) is 18.5. The monoisotopic (exact) mass is 366 g/mol. The van der Waals surface area contributed by atoms with Gasteiger partial charge in [-0.25, -0.2) is 13.2 Å². The van der Waals surface area contributed by atoms with E-state index in [4.69, 9.17) is 4.74 Å². The van der Waals surface area contributed by atoms with Gasteiger partial charge in [-0.1, -0.05) is 12.1 Å². The Hall–Kier alpha value is -1.76. The molecule has 2 fully saturated rings. The van der Waals surface area contributed by atoms with Crippen LogP contribution in [0.4, 0.5) is 4.79 Å². The second kappa shape index (κ2) is 7.23. The molecule has 0 aromatic heterocycles. The second-order valence-corrected chi connectivity index (χ2v) is 9.35. The van der Waals surface area contributed by atoms with Crippen molar-refractivity contribution in [2.75, 3.05) is 25.7 Å². The third kappa shape index (κ3) is 5.11. The molecule has 1 aromatic carbocycles. The van der Waals surface area contributed by atoms with Crippen molar-refractivity contribution in [2.45, 2.75) is 37.8 Å². The number of carbonyl (C=O) groups is 1. The van der Waals surface area contributed by atoms with E-state index in [1.54, 1.807) is 12.0 Å². The maximum atomic E-state index is 12.8. The van der Waals surface area contributed by atoms with Gasteiger partial charge in [-0.05, 0) is 49.3 Å². The number of methoxy groups -OCH3 is 1. The summed E-state index contributed by atoms with van der Waals surface area (Å²) >= 11 is 0. The smallest absolute Gasteiger partial charge is 0.318 e. The van der Waals surface area contributed by atoms with Gasteiger partial charge in [-0.3, -0.25) is 0 Å². The van der Waals surface area contributed by atoms with Crippen LogP contribution in [0.3, 0.4) is 0 Å². The average molecular weight is 366 g/mol. The Bertz CT molecular complexity index is 709. The highest BCUT2D eigenvalue weighted by molar-refractivity contribution is 7.90. The van der Waals surface area contributed by atoms with Gasteiger partial charge in [0.25, 0.3) is 0 Å². The van der Waals surface area contributed by atoms with Crippen molar-refractivity contribution in [3.05, 3.63) is 29.8 Å². The molecule has 2 aliphatic carbocycles. The zero-order valence-corrected chi connectivity index (χ0v) is 15.6. The molecule has 1 aromatic rings. The molecule has 0 bridgehead atoms. The number of sulfone groups is 1. The van der Waals surface area contributed by atoms with Crippen LogP contribution < -0.4 is 10.1 Å². The van der Waals surface area contributed by atoms with E-state index in [-0.39, 0.29) is 30.4 Å². The Balaban J connectivity index is 1.68. The van der Waals surface area contributed by atoms with Crippen LogP contribution in [0.15, 0.2) is 24.3 Å². The zero-order valence-electron chi connectivity index (χ0n) is 14.8. The summed E-state index contributed by atoms with van der Waals surface area (Å²) in [5, 5.41) is 3.14. The SMILES string of the molecule is COc1ccc(C(NC(=O)N(CCS(C)(=O)=O)C2CC2)C2CC2)cc1. The number of nitrogens with zero attached hydrogens (tertiary/aromatic N) is 1. The molecule has 2 aliphatic rings. The fourth-order valence-electron chi connectivity index (χ4n) is 3.03. The first-order chi connectivity index (χ1) is 11.9. The molecule has 0 aliphatic heterocycles. The van der Waals surface area contributed by atoms with Crippen molar-refractivity contribution in [2.24, 2.45) is 5.92 Å². The Morgan fingerprint density at radius 3 is 2.36 bits per heavy atom. The summed E-state index contributed by atoms with van der Waals surface area (Å²) in [7, 11) is -1.46. The highest BCUT2D eigenvalue weighted by atomic mass is 32.2. The third-order valence-corrected chi connectivity index (χ3v) is 5.72. The van der Waals surface area contributed by atoms with E-state index in [2.05, 4.69) is 5.32 Å². The lowest BCUT2D eigenvalue weighted by Gasteiger charge is -2.27. The summed E-state index contributed by atoms with van der Waals surface area (Å²) in [4.78, 5) is 14.5. The highest BCUT2D eigenvalue weighted by Crippen LogP contribution is 2.41. The van der Waals surface area contributed by atoms with Crippen LogP contribution in [-0.4, -0.2) is 51.1 Å². The molecule has 6 nitrogen and oxygen atoms in total. The number of rotatable bonds is 8. The van der Waals surface area contributed by atoms with Gasteiger partial charge >= 0.3 is 6.03 Å². The summed E-state index contributed by atoms with van der Waals surface area (Å²) < 4.78 is 28.1. The van der Waals surface area contributed by atoms with Gasteiger partial charge in [0.2, 0.25) is 0 Å². The molecule has 0 saturated heterocycles. The number of benzene rings is 1. The number of hydrogen-bond donors (Lipinski definition) is 1. The lowest BCUT2D eigenvalue weighted by molar-refractivity contribution is 0.192. The van der Waals surface area contributed by atoms with E-state index in [0.717, 1.165) is 37.0 Å². The molecule has 0 spiro atoms. The van der Waals surface area contributed by atoms with Gasteiger partial charge in [0.15, 0.2) is 0 Å². The van der Waals surface area contributed by atoms with Gasteiger partial charge in [0.05, 0.1) is 18.9 Å². The van der Waals surface area contributed by atoms with Crippen LogP contribution >= 0.6 is 0 Å². The predicted octanol–water partition coefficient (Wildman–Crippen LogP) is 2.36. The van der Waals surface area contributed by atoms with Gasteiger partial charge < -0.3 is 15.0 Å². The van der Waals surface area contributed by atoms with Gasteiger partial charge in [0, 0.05) is 18.8 Å². The predicted molar refractivity (Wildman–Crippen MR) is 96.4 cm³/mol. The van der Waals surface area contributed by atoms with Crippen molar-refractivity contribution in [1.82, 2.24) is 10.2 Å². The Morgan fingerprint density at radius 1 is 1.24 bits per heavy atom. The average Bonchev–Trinajstić information content (AvgIpc) is 3.45. The third-order valence-electron chi connectivity index (χ3n) is 4.80. The molecule has 1 N–H and O–H groups in total. The lowest BCUT2D eigenvalue weighted by Crippen LogP contribution is -2.45. The number of nitrogens with one attached hydrogen (secondary N) is 1. The number of hydrogen-bond acceptors (Lipinski definition) is 4. The van der Waals surface area contributed by atoms with Crippen LogP contribution in [0.25, 0.3) is 0 Å². The largest absolute Gasteiger partial charge is 0.497 e. The van der Waals surface area contributed by atoms with Crippen molar-refractivity contribution in [3.8, 4) is 5.75 Å². The fraction of sp³-hybridized carbons (Fsp3) is 0.611. The number of amides is 2. The van der Waals surface area contributed by atoms with Crippen LogP contribution in [0.1, 0.15) is 37.3 Å². The van der Waals surface area contributed by atoms with E-state index in [0.29, 0.717) is 5.92 Å². The first kappa shape index (κ1) is 18.0. The first-order valence-corrected chi connectivity index (χ1v) is 10.8. The van der Waals surface area contributed by atoms with Crippen molar-refractivity contribution in [3.63, 3.8) is 0 Å². The van der Waals surface area contributed by atoms with Crippen molar-refractivity contribution < 1.29 is 17.9 Å². The highest BCUT2D eigenvalue weighted by Gasteiger charge is 2.37. The van der Waals surface area contributed by atoms with E-state index in [1.807, 2.05) is 24.3 Å². The topological polar surface area (TPSA) is 75.7 Å². The molecular formula is C18H26N2O4S. The van der Waals surface area contributed by atoms with Crippen LogP contribution in [0.5, 0.6) is 5.75 Å². The minimum Gasteiger partial charge on any atom is -0.497 e. The van der Waals surface area contributed by atoms with E-state index in [1.165, 1.54) is 6.26 Å². The van der Waals surface area contributed by atoms with Crippen molar-refractivity contribution in [1.29, 1.82) is 0 Å². The number of carbonyl (C=O) groups excluding carboxylic acids is 1. The van der Waals surface area contributed by atoms with E-state index >= 15 is 0 Å². The van der Waals surface area contributed by atoms with E-state index in [9.17, 15) is 13.2 Å². The Kier molecular flexibility index (Phi) is 5.22. The minimum atomic E-state index is -3.09. The molecule has 2 saturated carbocycles. The molecular weight excluding hydrogens is 340 g/mol. The van der Waals surface area contributed by atoms with Gasteiger partial charge in [-0.2, -0.15) is 0 Å². The van der Waals surface area contributed by atoms with E-state index < -0.39 is 9.84 Å². The van der Waals surface area contributed by atoms with Crippen LogP contribution in [0, 0.1) is 5.92 Å². The summed E-state index contributed by atoms with van der Waals surface area (Å²) in [6.07, 6.45) is 5.31. The standard InChI is InChI=1S/C18H26N2O4S/c1-24-16-9-5-14(6-10-16)17(13-3-4-13)19-18(21)20(15-7-8-15)11-12-25(2,22)23/h5-6,9-10,13,15,17H,3-4,7-8,11-12H2,1-2H3,(H,19,21). The lowest BCUT2D eigenvalue weighted by atomic mass is 10.0. The minimum absolute atomic E-state index is 0.00749. The number of ether oxygens (including phenoxy) is 1. The molecule has 3 rings (SSSR count). The second-order valence-electron chi connectivity index (χ2n) is 7.09. The molecule has 1 atom stereocenters. The summed E-state index contributed by atoms with van der Waals surface area (Å²) in [6.45, 7) is 0.259. The molecule has 0 heterocycles. The molecule has 0 radical (unpaired) electrons.